The van der Waals surface area contributed by atoms with Crippen LogP contribution in [-0.4, -0.2) is 41.6 Å². The van der Waals surface area contributed by atoms with E-state index < -0.39 is 18.5 Å². The standard InChI is InChI=1S/C20H16N2O6S/c1-22-18(25)16(10-13-4-2-3-5-15(13)28-11-17(23)24)29-20(22)21-14-8-6-12(7-9-14)19(26)27/h2-10H,11H2,1H3,(H,23,24)(H,26,27)/p-2/b16-10-,21-20?. The van der Waals surface area contributed by atoms with Gasteiger partial charge in [-0.1, -0.05) is 30.3 Å². The number of hydrogen-bond acceptors (Lipinski definition) is 8. The van der Waals surface area contributed by atoms with Crippen molar-refractivity contribution in [3.63, 3.8) is 0 Å². The summed E-state index contributed by atoms with van der Waals surface area (Å²) in [6.07, 6.45) is 1.59. The number of nitrogens with zero attached hydrogens (tertiary/aromatic N) is 2. The quantitative estimate of drug-likeness (QED) is 0.632. The third-order valence-corrected chi connectivity index (χ3v) is 4.94. The molecule has 1 amide bonds. The number of carboxylic acid groups (broad SMARTS) is 2. The Labute approximate surface area is 170 Å². The second kappa shape index (κ2) is 8.61. The highest BCUT2D eigenvalue weighted by Crippen LogP contribution is 2.34. The highest BCUT2D eigenvalue weighted by molar-refractivity contribution is 8.18. The fraction of sp³-hybridized carbons (Fsp3) is 0.100. The number of carbonyl (C=O) groups excluding carboxylic acids is 3. The second-order valence-electron chi connectivity index (χ2n) is 5.90. The summed E-state index contributed by atoms with van der Waals surface area (Å²) in [7, 11) is 1.57. The first kappa shape index (κ1) is 20.2. The van der Waals surface area contributed by atoms with Crippen LogP contribution in [0.15, 0.2) is 58.4 Å². The Balaban J connectivity index is 1.85. The molecular weight excluding hydrogens is 396 g/mol. The van der Waals surface area contributed by atoms with Gasteiger partial charge in [0.15, 0.2) is 5.17 Å². The zero-order chi connectivity index (χ0) is 21.0. The molecule has 2 aromatic rings. The number of aliphatic carboxylic acids is 1. The SMILES string of the molecule is CN1C(=O)/C(=C/c2ccccc2OCC(=O)[O-])SC1=Nc1ccc(C(=O)[O-])cc1. The number of aliphatic imine (C=N–C) groups is 1. The lowest BCUT2D eigenvalue weighted by atomic mass is 10.2. The number of para-hydroxylation sites is 1. The van der Waals surface area contributed by atoms with Crippen molar-refractivity contribution in [2.24, 2.45) is 4.99 Å². The van der Waals surface area contributed by atoms with Gasteiger partial charge in [-0.25, -0.2) is 4.99 Å². The molecule has 1 heterocycles. The Kier molecular flexibility index (Phi) is 5.99. The van der Waals surface area contributed by atoms with Crippen LogP contribution in [0.25, 0.3) is 6.08 Å². The Morgan fingerprint density at radius 1 is 1.14 bits per heavy atom. The smallest absolute Gasteiger partial charge is 0.266 e. The van der Waals surface area contributed by atoms with E-state index in [1.807, 2.05) is 0 Å². The topological polar surface area (TPSA) is 122 Å². The van der Waals surface area contributed by atoms with Crippen LogP contribution in [-0.2, 0) is 9.59 Å². The lowest BCUT2D eigenvalue weighted by Gasteiger charge is -2.09. The number of benzene rings is 2. The maximum atomic E-state index is 12.6. The number of thioether (sulfide) groups is 1. The van der Waals surface area contributed by atoms with Crippen LogP contribution < -0.4 is 14.9 Å². The minimum absolute atomic E-state index is 0.0335. The van der Waals surface area contributed by atoms with Gasteiger partial charge < -0.3 is 24.5 Å². The minimum atomic E-state index is -1.35. The number of amides is 1. The van der Waals surface area contributed by atoms with Crippen LogP contribution in [0.3, 0.4) is 0 Å². The monoisotopic (exact) mass is 410 g/mol. The van der Waals surface area contributed by atoms with Gasteiger partial charge in [-0.05, 0) is 41.6 Å². The summed E-state index contributed by atoms with van der Waals surface area (Å²) < 4.78 is 5.20. The van der Waals surface area contributed by atoms with Crippen molar-refractivity contribution >= 4 is 46.5 Å². The number of aromatic carboxylic acids is 1. The fourth-order valence-electron chi connectivity index (χ4n) is 2.44. The molecule has 148 valence electrons. The summed E-state index contributed by atoms with van der Waals surface area (Å²) in [5.74, 6) is -2.60. The van der Waals surface area contributed by atoms with E-state index in [0.717, 1.165) is 11.8 Å². The summed E-state index contributed by atoms with van der Waals surface area (Å²) in [6.45, 7) is -0.601. The highest BCUT2D eigenvalue weighted by Gasteiger charge is 2.30. The van der Waals surface area contributed by atoms with Crippen LogP contribution in [0.2, 0.25) is 0 Å². The predicted molar refractivity (Wildman–Crippen MR) is 103 cm³/mol. The summed E-state index contributed by atoms with van der Waals surface area (Å²) in [6, 6.07) is 12.5. The summed E-state index contributed by atoms with van der Waals surface area (Å²) in [5, 5.41) is 21.9. The average molecular weight is 410 g/mol. The Morgan fingerprint density at radius 2 is 1.83 bits per heavy atom. The van der Waals surface area contributed by atoms with Crippen LogP contribution in [0.4, 0.5) is 5.69 Å². The second-order valence-corrected chi connectivity index (χ2v) is 6.91. The van der Waals surface area contributed by atoms with Gasteiger partial charge in [0.25, 0.3) is 5.91 Å². The van der Waals surface area contributed by atoms with Crippen molar-refractivity contribution in [3.05, 3.63) is 64.6 Å². The molecule has 1 aliphatic heterocycles. The molecule has 0 saturated carbocycles. The molecule has 0 aromatic heterocycles. The van der Waals surface area contributed by atoms with Crippen molar-refractivity contribution in [1.82, 2.24) is 4.90 Å². The van der Waals surface area contributed by atoms with Crippen molar-refractivity contribution in [3.8, 4) is 5.75 Å². The first-order valence-electron chi connectivity index (χ1n) is 8.34. The van der Waals surface area contributed by atoms with Gasteiger partial charge in [0.05, 0.1) is 22.5 Å². The van der Waals surface area contributed by atoms with Gasteiger partial charge >= 0.3 is 0 Å². The van der Waals surface area contributed by atoms with Crippen molar-refractivity contribution in [2.45, 2.75) is 0 Å². The van der Waals surface area contributed by atoms with Gasteiger partial charge in [0.1, 0.15) is 12.4 Å². The van der Waals surface area contributed by atoms with Gasteiger partial charge in [-0.3, -0.25) is 9.69 Å². The first-order chi connectivity index (χ1) is 13.8. The summed E-state index contributed by atoms with van der Waals surface area (Å²) in [4.78, 5) is 40.1. The molecule has 0 radical (unpaired) electrons. The van der Waals surface area contributed by atoms with E-state index >= 15 is 0 Å². The molecule has 1 fully saturated rings. The maximum absolute atomic E-state index is 12.6. The molecule has 0 bridgehead atoms. The van der Waals surface area contributed by atoms with Gasteiger partial charge in [0, 0.05) is 12.6 Å². The van der Waals surface area contributed by atoms with E-state index in [1.54, 1.807) is 37.4 Å². The predicted octanol–water partition coefficient (Wildman–Crippen LogP) is 0.413. The lowest BCUT2D eigenvalue weighted by molar-refractivity contribution is -0.307. The van der Waals surface area contributed by atoms with E-state index in [2.05, 4.69) is 4.99 Å². The largest absolute Gasteiger partial charge is 0.546 e. The van der Waals surface area contributed by atoms with Crippen molar-refractivity contribution in [1.29, 1.82) is 0 Å². The first-order valence-corrected chi connectivity index (χ1v) is 9.16. The Bertz CT molecular complexity index is 1030. The summed E-state index contributed by atoms with van der Waals surface area (Å²) >= 11 is 1.13. The molecular formula is C20H14N2O6S-2. The van der Waals surface area contributed by atoms with E-state index in [9.17, 15) is 24.6 Å². The molecule has 8 nitrogen and oxygen atoms in total. The van der Waals surface area contributed by atoms with E-state index in [0.29, 0.717) is 27.1 Å². The molecule has 0 atom stereocenters. The Hall–Kier alpha value is -3.59. The zero-order valence-corrected chi connectivity index (χ0v) is 16.0. The highest BCUT2D eigenvalue weighted by atomic mass is 32.2. The fourth-order valence-corrected chi connectivity index (χ4v) is 3.42. The average Bonchev–Trinajstić information content (AvgIpc) is 2.95. The van der Waals surface area contributed by atoms with Crippen molar-refractivity contribution in [2.75, 3.05) is 13.7 Å². The molecule has 0 N–H and O–H groups in total. The number of rotatable bonds is 6. The molecule has 9 heteroatoms. The number of hydrogen-bond donors (Lipinski definition) is 0. The van der Waals surface area contributed by atoms with Crippen LogP contribution in [0.5, 0.6) is 5.75 Å². The number of likely N-dealkylation sites (N-methyl/N-ethyl adjacent to an activating group) is 1. The summed E-state index contributed by atoms with van der Waals surface area (Å²) in [5.41, 5.74) is 1.06. The van der Waals surface area contributed by atoms with E-state index in [-0.39, 0.29) is 11.5 Å². The molecule has 3 rings (SSSR count). The third kappa shape index (κ3) is 4.82. The van der Waals surface area contributed by atoms with Crippen LogP contribution in [0, 0.1) is 0 Å². The van der Waals surface area contributed by atoms with Gasteiger partial charge in [-0.15, -0.1) is 0 Å². The van der Waals surface area contributed by atoms with E-state index in [4.69, 9.17) is 4.74 Å². The lowest BCUT2D eigenvalue weighted by Crippen LogP contribution is -2.29. The minimum Gasteiger partial charge on any atom is -0.546 e. The molecule has 0 spiro atoms. The van der Waals surface area contributed by atoms with Gasteiger partial charge in [-0.2, -0.15) is 0 Å². The third-order valence-electron chi connectivity index (χ3n) is 3.88. The normalized spacial score (nSPS) is 16.4. The zero-order valence-electron chi connectivity index (χ0n) is 15.2. The Morgan fingerprint density at radius 3 is 2.48 bits per heavy atom. The molecule has 0 unspecified atom stereocenters. The number of amidine groups is 1. The molecule has 0 aliphatic carbocycles. The number of carboxylic acids is 2. The van der Waals surface area contributed by atoms with Crippen LogP contribution in [0.1, 0.15) is 15.9 Å². The molecule has 1 saturated heterocycles. The molecule has 2 aromatic carbocycles. The van der Waals surface area contributed by atoms with Crippen molar-refractivity contribution < 1.29 is 29.3 Å². The van der Waals surface area contributed by atoms with E-state index in [1.165, 1.54) is 29.2 Å². The molecule has 29 heavy (non-hydrogen) atoms. The number of carbonyl (C=O) groups is 3. The van der Waals surface area contributed by atoms with Crippen LogP contribution >= 0.6 is 11.8 Å². The van der Waals surface area contributed by atoms with Gasteiger partial charge in [0.2, 0.25) is 0 Å². The molecule has 1 aliphatic rings. The number of ether oxygens (including phenoxy) is 1. The maximum Gasteiger partial charge on any atom is 0.266 e.